The van der Waals surface area contributed by atoms with Crippen molar-refractivity contribution in [1.82, 2.24) is 0 Å². The molecule has 5 atom stereocenters. The summed E-state index contributed by atoms with van der Waals surface area (Å²) in [5, 5.41) is 4.18. The molecule has 116 valence electrons. The van der Waals surface area contributed by atoms with Gasteiger partial charge in [-0.25, -0.2) is 0 Å². The third-order valence-electron chi connectivity index (χ3n) is 7.91. The van der Waals surface area contributed by atoms with Gasteiger partial charge in [-0.2, -0.15) is 5.10 Å². The maximum absolute atomic E-state index is 5.70. The highest BCUT2D eigenvalue weighted by atomic mass is 15.1. The van der Waals surface area contributed by atoms with Crippen LogP contribution >= 0.6 is 0 Å². The molecule has 2 heteroatoms. The van der Waals surface area contributed by atoms with Crippen molar-refractivity contribution in [2.24, 2.45) is 39.5 Å². The van der Waals surface area contributed by atoms with Crippen LogP contribution in [0.1, 0.15) is 71.6 Å². The van der Waals surface area contributed by atoms with Gasteiger partial charge in [0, 0.05) is 11.1 Å². The molecule has 3 saturated carbocycles. The van der Waals surface area contributed by atoms with Crippen LogP contribution in [0.15, 0.2) is 16.8 Å². The summed E-state index contributed by atoms with van der Waals surface area (Å²) < 4.78 is 0. The van der Waals surface area contributed by atoms with E-state index in [2.05, 4.69) is 25.0 Å². The van der Waals surface area contributed by atoms with Gasteiger partial charge in [-0.05, 0) is 74.5 Å². The van der Waals surface area contributed by atoms with Crippen molar-refractivity contribution in [3.8, 4) is 0 Å². The van der Waals surface area contributed by atoms with Gasteiger partial charge in [0.25, 0.3) is 0 Å². The highest BCUT2D eigenvalue weighted by molar-refractivity contribution is 5.92. The Balaban J connectivity index is 1.70. The fraction of sp³-hybridized carbons (Fsp3) is 0.842. The zero-order valence-corrected chi connectivity index (χ0v) is 13.7. The molecule has 3 fully saturated rings. The first-order chi connectivity index (χ1) is 10.1. The molecule has 2 nitrogen and oxygen atoms in total. The number of hydrazone groups is 1. The van der Waals surface area contributed by atoms with E-state index in [1.165, 1.54) is 57.1 Å². The lowest BCUT2D eigenvalue weighted by atomic mass is 9.48. The van der Waals surface area contributed by atoms with Gasteiger partial charge < -0.3 is 5.84 Å². The number of allylic oxidation sites excluding steroid dienone is 2. The smallest absolute Gasteiger partial charge is 0.0437 e. The predicted octanol–water partition coefficient (Wildman–Crippen LogP) is 4.65. The van der Waals surface area contributed by atoms with Crippen molar-refractivity contribution in [3.63, 3.8) is 0 Å². The van der Waals surface area contributed by atoms with Gasteiger partial charge in [-0.1, -0.05) is 31.9 Å². The number of hydrogen-bond acceptors (Lipinski definition) is 2. The van der Waals surface area contributed by atoms with Crippen molar-refractivity contribution in [3.05, 3.63) is 11.6 Å². The molecule has 1 unspecified atom stereocenters. The lowest BCUT2D eigenvalue weighted by Gasteiger charge is -2.56. The Morgan fingerprint density at radius 3 is 2.67 bits per heavy atom. The minimum Gasteiger partial charge on any atom is -0.323 e. The van der Waals surface area contributed by atoms with Gasteiger partial charge in [0.05, 0.1) is 0 Å². The highest BCUT2D eigenvalue weighted by Crippen LogP contribution is 2.64. The molecule has 0 aromatic heterocycles. The van der Waals surface area contributed by atoms with Gasteiger partial charge >= 0.3 is 0 Å². The monoisotopic (exact) mass is 286 g/mol. The summed E-state index contributed by atoms with van der Waals surface area (Å²) in [6.45, 7) is 5.04. The Morgan fingerprint density at radius 1 is 1.05 bits per heavy atom. The van der Waals surface area contributed by atoms with Crippen LogP contribution < -0.4 is 5.84 Å². The Kier molecular flexibility index (Phi) is 3.03. The zero-order chi connectivity index (χ0) is 14.7. The molecule has 0 aliphatic heterocycles. The van der Waals surface area contributed by atoms with Gasteiger partial charge in [0.2, 0.25) is 0 Å². The van der Waals surface area contributed by atoms with E-state index >= 15 is 0 Å². The van der Waals surface area contributed by atoms with Gasteiger partial charge in [-0.15, -0.1) is 0 Å². The van der Waals surface area contributed by atoms with Crippen LogP contribution in [0.3, 0.4) is 0 Å². The molecular formula is C19H30N2. The van der Waals surface area contributed by atoms with Crippen LogP contribution in [0.25, 0.3) is 0 Å². The van der Waals surface area contributed by atoms with Crippen molar-refractivity contribution in [2.45, 2.75) is 71.6 Å². The van der Waals surface area contributed by atoms with Gasteiger partial charge in [0.1, 0.15) is 0 Å². The molecule has 0 saturated heterocycles. The molecule has 4 aliphatic carbocycles. The molecule has 21 heavy (non-hydrogen) atoms. The maximum Gasteiger partial charge on any atom is 0.0437 e. The topological polar surface area (TPSA) is 38.4 Å². The summed E-state index contributed by atoms with van der Waals surface area (Å²) in [7, 11) is 0. The van der Waals surface area contributed by atoms with E-state index in [4.69, 9.17) is 5.84 Å². The van der Waals surface area contributed by atoms with Crippen LogP contribution in [-0.2, 0) is 0 Å². The highest BCUT2D eigenvalue weighted by Gasteiger charge is 2.57. The molecule has 0 amide bonds. The fourth-order valence-corrected chi connectivity index (χ4v) is 6.70. The summed E-state index contributed by atoms with van der Waals surface area (Å²) in [5.74, 6) is 8.34. The molecule has 2 N–H and O–H groups in total. The average molecular weight is 286 g/mol. The van der Waals surface area contributed by atoms with E-state index in [1.807, 2.05) is 5.57 Å². The second-order valence-corrected chi connectivity index (χ2v) is 8.54. The van der Waals surface area contributed by atoms with Crippen LogP contribution in [0.5, 0.6) is 0 Å². The van der Waals surface area contributed by atoms with E-state index in [-0.39, 0.29) is 0 Å². The van der Waals surface area contributed by atoms with Crippen molar-refractivity contribution >= 4 is 5.71 Å². The number of nitrogens with zero attached hydrogens (tertiary/aromatic N) is 1. The van der Waals surface area contributed by atoms with Crippen molar-refractivity contribution in [2.75, 3.05) is 0 Å². The van der Waals surface area contributed by atoms with Crippen molar-refractivity contribution < 1.29 is 0 Å². The molecule has 0 spiro atoms. The molecule has 4 aliphatic rings. The largest absolute Gasteiger partial charge is 0.323 e. The van der Waals surface area contributed by atoms with Crippen LogP contribution in [0, 0.1) is 28.6 Å². The number of rotatable bonds is 0. The van der Waals surface area contributed by atoms with Crippen LogP contribution in [-0.4, -0.2) is 5.71 Å². The quantitative estimate of drug-likeness (QED) is 0.393. The SMILES string of the molecule is C[C@]12CCCCC1=CC[C@@H]1C2CC[C@]2(C)C(=NN)CC[C@@H]12. The molecule has 0 radical (unpaired) electrons. The standard InChI is InChI=1S/C19H30N2/c1-18-11-4-3-5-13(18)6-7-14-15-8-9-17(21-20)19(15,2)12-10-16(14)18/h6,14-16H,3-5,7-12,20H2,1-2H3/t14-,15-,16?,18-,19-/m0/s1. The summed E-state index contributed by atoms with van der Waals surface area (Å²) >= 11 is 0. The first kappa shape index (κ1) is 13.8. The molecule has 4 rings (SSSR count). The van der Waals surface area contributed by atoms with E-state index in [0.29, 0.717) is 10.8 Å². The van der Waals surface area contributed by atoms with E-state index < -0.39 is 0 Å². The second kappa shape index (κ2) is 4.60. The minimum atomic E-state index is 0.312. The van der Waals surface area contributed by atoms with Crippen LogP contribution in [0.4, 0.5) is 0 Å². The van der Waals surface area contributed by atoms with E-state index in [0.717, 1.165) is 24.2 Å². The summed E-state index contributed by atoms with van der Waals surface area (Å²) in [6, 6.07) is 0. The van der Waals surface area contributed by atoms with E-state index in [1.54, 1.807) is 0 Å². The molecule has 0 heterocycles. The number of fused-ring (bicyclic) bond motifs is 5. The Hall–Kier alpha value is -0.790. The summed E-state index contributed by atoms with van der Waals surface area (Å²) in [4.78, 5) is 0. The third kappa shape index (κ3) is 1.74. The normalized spacial score (nSPS) is 51.0. The number of nitrogens with two attached hydrogens (primary N) is 1. The average Bonchev–Trinajstić information content (AvgIpc) is 2.83. The van der Waals surface area contributed by atoms with E-state index in [9.17, 15) is 0 Å². The Bertz CT molecular complexity index is 506. The summed E-state index contributed by atoms with van der Waals surface area (Å²) in [5.41, 5.74) is 3.95. The first-order valence-electron chi connectivity index (χ1n) is 9.06. The van der Waals surface area contributed by atoms with Crippen LogP contribution in [0.2, 0.25) is 0 Å². The Morgan fingerprint density at radius 2 is 1.86 bits per heavy atom. The lowest BCUT2D eigenvalue weighted by Crippen LogP contribution is -2.49. The number of hydrogen-bond donors (Lipinski definition) is 1. The first-order valence-corrected chi connectivity index (χ1v) is 9.06. The summed E-state index contributed by atoms with van der Waals surface area (Å²) in [6.07, 6.45) is 14.8. The Labute approximate surface area is 129 Å². The fourth-order valence-electron chi connectivity index (χ4n) is 6.70. The molecule has 0 aromatic rings. The third-order valence-corrected chi connectivity index (χ3v) is 7.91. The van der Waals surface area contributed by atoms with Crippen molar-refractivity contribution in [1.29, 1.82) is 0 Å². The van der Waals surface area contributed by atoms with Gasteiger partial charge in [0.15, 0.2) is 0 Å². The second-order valence-electron chi connectivity index (χ2n) is 8.54. The minimum absolute atomic E-state index is 0.312. The molecular weight excluding hydrogens is 256 g/mol. The van der Waals surface area contributed by atoms with Gasteiger partial charge in [-0.3, -0.25) is 0 Å². The maximum atomic E-state index is 5.70. The predicted molar refractivity (Wildman–Crippen MR) is 87.9 cm³/mol. The zero-order valence-electron chi connectivity index (χ0n) is 13.7. The lowest BCUT2D eigenvalue weighted by molar-refractivity contribution is -0.00620. The molecule has 0 bridgehead atoms. The molecule has 0 aromatic carbocycles.